The number of thiophene rings is 1. The van der Waals surface area contributed by atoms with Crippen LogP contribution in [0.3, 0.4) is 0 Å². The molecule has 96 valence electrons. The Kier molecular flexibility index (Phi) is 3.41. The van der Waals surface area contributed by atoms with Crippen LogP contribution >= 0.6 is 11.3 Å². The highest BCUT2D eigenvalue weighted by molar-refractivity contribution is 7.90. The van der Waals surface area contributed by atoms with E-state index < -0.39 is 15.8 Å². The van der Waals surface area contributed by atoms with Crippen molar-refractivity contribution in [2.24, 2.45) is 0 Å². The van der Waals surface area contributed by atoms with Gasteiger partial charge in [0.15, 0.2) is 9.84 Å². The van der Waals surface area contributed by atoms with Crippen molar-refractivity contribution < 1.29 is 18.3 Å². The average molecular weight is 284 g/mol. The van der Waals surface area contributed by atoms with Crippen molar-refractivity contribution in [3.05, 3.63) is 34.7 Å². The molecule has 0 fully saturated rings. The van der Waals surface area contributed by atoms with Gasteiger partial charge in [0.25, 0.3) is 0 Å². The van der Waals surface area contributed by atoms with Gasteiger partial charge in [0, 0.05) is 15.8 Å². The zero-order valence-corrected chi connectivity index (χ0v) is 11.3. The lowest BCUT2D eigenvalue weighted by Crippen LogP contribution is -2.07. The Morgan fingerprint density at radius 2 is 2.11 bits per heavy atom. The molecular weight excluding hydrogens is 272 g/mol. The van der Waals surface area contributed by atoms with E-state index in [0.717, 1.165) is 4.70 Å². The number of aromatic carboxylic acids is 1. The maximum absolute atomic E-state index is 11.6. The number of sulfone groups is 1. The van der Waals surface area contributed by atoms with Gasteiger partial charge in [-0.1, -0.05) is 13.0 Å². The fourth-order valence-electron chi connectivity index (χ4n) is 1.78. The molecule has 2 rings (SSSR count). The number of carboxylic acids is 1. The smallest absolute Gasteiger partial charge is 0.336 e. The molecular formula is C12H12O4S2. The number of fused-ring (bicyclic) bond motifs is 1. The van der Waals surface area contributed by atoms with Crippen molar-refractivity contribution in [1.29, 1.82) is 0 Å². The van der Waals surface area contributed by atoms with Crippen molar-refractivity contribution >= 4 is 37.2 Å². The minimum Gasteiger partial charge on any atom is -0.478 e. The van der Waals surface area contributed by atoms with Crippen LogP contribution in [0.2, 0.25) is 0 Å². The minimum atomic E-state index is -3.16. The first-order valence-corrected chi connectivity index (χ1v) is 8.07. The lowest BCUT2D eigenvalue weighted by atomic mass is 10.1. The first-order chi connectivity index (χ1) is 8.44. The molecule has 2 aromatic rings. The number of carboxylic acid groups (broad SMARTS) is 1. The fraction of sp³-hybridized carbons (Fsp3) is 0.250. The molecule has 1 heterocycles. The molecule has 1 aromatic carbocycles. The number of benzene rings is 1. The van der Waals surface area contributed by atoms with Crippen LogP contribution in [-0.4, -0.2) is 25.2 Å². The molecule has 0 atom stereocenters. The van der Waals surface area contributed by atoms with Gasteiger partial charge < -0.3 is 5.11 Å². The Hall–Kier alpha value is -1.40. The summed E-state index contributed by atoms with van der Waals surface area (Å²) in [5.74, 6) is -1.08. The SMILES string of the molecule is CCS(=O)(=O)Cc1csc2cccc(C(=O)O)c12. The van der Waals surface area contributed by atoms with Crippen molar-refractivity contribution in [3.8, 4) is 0 Å². The van der Waals surface area contributed by atoms with Crippen molar-refractivity contribution in [3.63, 3.8) is 0 Å². The molecule has 0 aliphatic heterocycles. The Morgan fingerprint density at radius 3 is 2.72 bits per heavy atom. The maximum Gasteiger partial charge on any atom is 0.336 e. The highest BCUT2D eigenvalue weighted by Crippen LogP contribution is 2.30. The molecule has 1 aromatic heterocycles. The van der Waals surface area contributed by atoms with Crippen LogP contribution in [0.15, 0.2) is 23.6 Å². The topological polar surface area (TPSA) is 71.4 Å². The third kappa shape index (κ3) is 2.39. The lowest BCUT2D eigenvalue weighted by molar-refractivity contribution is 0.0699. The van der Waals surface area contributed by atoms with Crippen LogP contribution in [0.25, 0.3) is 10.1 Å². The van der Waals surface area contributed by atoms with Gasteiger partial charge in [-0.25, -0.2) is 13.2 Å². The van der Waals surface area contributed by atoms with Gasteiger partial charge in [-0.3, -0.25) is 0 Å². The van der Waals surface area contributed by atoms with Gasteiger partial charge in [-0.05, 0) is 23.1 Å². The minimum absolute atomic E-state index is 0.0551. The quantitative estimate of drug-likeness (QED) is 0.936. The van der Waals surface area contributed by atoms with Gasteiger partial charge >= 0.3 is 5.97 Å². The summed E-state index contributed by atoms with van der Waals surface area (Å²) in [7, 11) is -3.16. The second kappa shape index (κ2) is 4.70. The molecule has 4 nitrogen and oxygen atoms in total. The van der Waals surface area contributed by atoms with E-state index in [1.54, 1.807) is 24.4 Å². The molecule has 0 unspecified atom stereocenters. The number of hydrogen-bond acceptors (Lipinski definition) is 4. The van der Waals surface area contributed by atoms with Crippen LogP contribution in [0.5, 0.6) is 0 Å². The molecule has 0 saturated carbocycles. The van der Waals surface area contributed by atoms with Crippen LogP contribution in [0, 0.1) is 0 Å². The molecule has 0 spiro atoms. The number of hydrogen-bond donors (Lipinski definition) is 1. The van der Waals surface area contributed by atoms with E-state index in [2.05, 4.69) is 0 Å². The number of rotatable bonds is 4. The average Bonchev–Trinajstić information content (AvgIpc) is 2.72. The summed E-state index contributed by atoms with van der Waals surface area (Å²) in [5, 5.41) is 11.4. The lowest BCUT2D eigenvalue weighted by Gasteiger charge is -2.03. The van der Waals surface area contributed by atoms with E-state index in [0.29, 0.717) is 10.9 Å². The third-order valence-electron chi connectivity index (χ3n) is 2.72. The summed E-state index contributed by atoms with van der Waals surface area (Å²) in [5.41, 5.74) is 0.741. The molecule has 0 bridgehead atoms. The van der Waals surface area contributed by atoms with Gasteiger partial charge in [0.1, 0.15) is 0 Å². The van der Waals surface area contributed by atoms with E-state index in [9.17, 15) is 13.2 Å². The summed E-state index contributed by atoms with van der Waals surface area (Å²) in [6.45, 7) is 1.59. The molecule has 18 heavy (non-hydrogen) atoms. The highest BCUT2D eigenvalue weighted by atomic mass is 32.2. The summed E-state index contributed by atoms with van der Waals surface area (Å²) in [6, 6.07) is 4.97. The Labute approximate surface area is 109 Å². The van der Waals surface area contributed by atoms with Gasteiger partial charge in [-0.15, -0.1) is 11.3 Å². The van der Waals surface area contributed by atoms with Crippen LogP contribution in [0.4, 0.5) is 0 Å². The summed E-state index contributed by atoms with van der Waals surface area (Å²) < 4.78 is 24.1. The zero-order chi connectivity index (χ0) is 13.3. The molecule has 0 aliphatic carbocycles. The second-order valence-electron chi connectivity index (χ2n) is 3.92. The molecule has 0 radical (unpaired) electrons. The summed E-state index contributed by atoms with van der Waals surface area (Å²) in [4.78, 5) is 11.2. The molecule has 0 aliphatic rings. The molecule has 6 heteroatoms. The van der Waals surface area contributed by atoms with Crippen LogP contribution in [0.1, 0.15) is 22.8 Å². The fourth-order valence-corrected chi connectivity index (χ4v) is 3.78. The first kappa shape index (κ1) is 13.0. The van der Waals surface area contributed by atoms with Gasteiger partial charge in [0.2, 0.25) is 0 Å². The van der Waals surface area contributed by atoms with E-state index in [1.807, 2.05) is 0 Å². The maximum atomic E-state index is 11.6. The summed E-state index contributed by atoms with van der Waals surface area (Å²) in [6.07, 6.45) is 0. The second-order valence-corrected chi connectivity index (χ2v) is 7.19. The standard InChI is InChI=1S/C12H12O4S2/c1-2-18(15,16)7-8-6-17-10-5-3-4-9(11(8)10)12(13)14/h3-6H,2,7H2,1H3,(H,13,14). The Bertz CT molecular complexity index is 698. The van der Waals surface area contributed by atoms with Gasteiger partial charge in [0.05, 0.1) is 11.3 Å². The van der Waals surface area contributed by atoms with Crippen molar-refractivity contribution in [1.82, 2.24) is 0 Å². The Balaban J connectivity index is 2.63. The number of carbonyl (C=O) groups is 1. The van der Waals surface area contributed by atoms with E-state index in [-0.39, 0.29) is 17.1 Å². The predicted octanol–water partition coefficient (Wildman–Crippen LogP) is 2.53. The van der Waals surface area contributed by atoms with Crippen molar-refractivity contribution in [2.75, 3.05) is 5.75 Å². The normalized spacial score (nSPS) is 11.8. The third-order valence-corrected chi connectivity index (χ3v) is 5.35. The molecule has 0 amide bonds. The first-order valence-electron chi connectivity index (χ1n) is 5.37. The monoisotopic (exact) mass is 284 g/mol. The highest BCUT2D eigenvalue weighted by Gasteiger charge is 2.17. The van der Waals surface area contributed by atoms with Gasteiger partial charge in [-0.2, -0.15) is 0 Å². The summed E-state index contributed by atoms with van der Waals surface area (Å²) >= 11 is 1.37. The van der Waals surface area contributed by atoms with E-state index in [1.165, 1.54) is 17.4 Å². The zero-order valence-electron chi connectivity index (χ0n) is 9.71. The largest absolute Gasteiger partial charge is 0.478 e. The van der Waals surface area contributed by atoms with Crippen molar-refractivity contribution in [2.45, 2.75) is 12.7 Å². The molecule has 0 saturated heterocycles. The molecule has 1 N–H and O–H groups in total. The van der Waals surface area contributed by atoms with E-state index in [4.69, 9.17) is 5.11 Å². The predicted molar refractivity (Wildman–Crippen MR) is 71.9 cm³/mol. The van der Waals surface area contributed by atoms with Crippen LogP contribution in [-0.2, 0) is 15.6 Å². The van der Waals surface area contributed by atoms with Crippen LogP contribution < -0.4 is 0 Å². The Morgan fingerprint density at radius 1 is 1.39 bits per heavy atom. The van der Waals surface area contributed by atoms with E-state index >= 15 is 0 Å².